The lowest BCUT2D eigenvalue weighted by Gasteiger charge is -2.41. The van der Waals surface area contributed by atoms with Crippen molar-refractivity contribution in [3.8, 4) is 0 Å². The van der Waals surface area contributed by atoms with E-state index in [9.17, 15) is 10.1 Å². The zero-order valence-corrected chi connectivity index (χ0v) is 13.8. The van der Waals surface area contributed by atoms with Crippen LogP contribution in [-0.4, -0.2) is 42.2 Å². The number of nitro groups is 1. The molecule has 3 atom stereocenters. The van der Waals surface area contributed by atoms with E-state index in [1.165, 1.54) is 5.70 Å². The second-order valence-corrected chi connectivity index (χ2v) is 6.55. The molecule has 0 amide bonds. The highest BCUT2D eigenvalue weighted by Gasteiger charge is 2.42. The van der Waals surface area contributed by atoms with Crippen LogP contribution in [0.5, 0.6) is 0 Å². The zero-order valence-electron chi connectivity index (χ0n) is 13.8. The van der Waals surface area contributed by atoms with Gasteiger partial charge >= 0.3 is 0 Å². The third-order valence-corrected chi connectivity index (χ3v) is 5.10. The van der Waals surface area contributed by atoms with E-state index in [1.807, 2.05) is 30.3 Å². The number of nitrogens with zero attached hydrogens (tertiary/aromatic N) is 2. The van der Waals surface area contributed by atoms with E-state index in [0.29, 0.717) is 6.42 Å². The topological polar surface area (TPSA) is 55.6 Å². The maximum atomic E-state index is 11.7. The van der Waals surface area contributed by atoms with Crippen LogP contribution in [0.2, 0.25) is 0 Å². The third-order valence-electron chi connectivity index (χ3n) is 5.10. The molecular weight excluding hydrogens is 292 g/mol. The van der Waals surface area contributed by atoms with Gasteiger partial charge in [0.15, 0.2) is 0 Å². The van der Waals surface area contributed by atoms with Gasteiger partial charge in [-0.3, -0.25) is 10.1 Å². The summed E-state index contributed by atoms with van der Waals surface area (Å²) in [5.41, 5.74) is 3.49. The first-order valence-corrected chi connectivity index (χ1v) is 8.31. The fourth-order valence-electron chi connectivity index (χ4n) is 4.15. The highest BCUT2D eigenvalue weighted by molar-refractivity contribution is 5.35. The van der Waals surface area contributed by atoms with Gasteiger partial charge in [0.1, 0.15) is 0 Å². The minimum absolute atomic E-state index is 0.0895. The lowest BCUT2D eigenvalue weighted by molar-refractivity contribution is -0.528. The van der Waals surface area contributed by atoms with Crippen molar-refractivity contribution in [1.29, 1.82) is 0 Å². The first-order valence-electron chi connectivity index (χ1n) is 8.31. The lowest BCUT2D eigenvalue weighted by atomic mass is 9.74. The van der Waals surface area contributed by atoms with Gasteiger partial charge in [-0.05, 0) is 18.1 Å². The molecule has 23 heavy (non-hydrogen) atoms. The maximum absolute atomic E-state index is 11.7. The van der Waals surface area contributed by atoms with Crippen LogP contribution in [0, 0.1) is 16.0 Å². The van der Waals surface area contributed by atoms with Crippen molar-refractivity contribution in [2.24, 2.45) is 5.92 Å². The average Bonchev–Trinajstić information content (AvgIpc) is 2.56. The summed E-state index contributed by atoms with van der Waals surface area (Å²) in [7, 11) is 0. The zero-order chi connectivity index (χ0) is 16.4. The van der Waals surface area contributed by atoms with Gasteiger partial charge in [0.2, 0.25) is 6.04 Å². The summed E-state index contributed by atoms with van der Waals surface area (Å²) in [5, 5.41) is 11.7. The number of benzene rings is 1. The molecule has 0 spiro atoms. The molecule has 0 saturated carbocycles. The molecule has 1 aliphatic carbocycles. The number of morpholine rings is 1. The van der Waals surface area contributed by atoms with E-state index in [4.69, 9.17) is 4.74 Å². The number of ether oxygens (including phenoxy) is 1. The molecule has 0 bridgehead atoms. The monoisotopic (exact) mass is 316 g/mol. The highest BCUT2D eigenvalue weighted by Crippen LogP contribution is 2.42. The lowest BCUT2D eigenvalue weighted by Crippen LogP contribution is -2.43. The molecule has 3 unspecified atom stereocenters. The van der Waals surface area contributed by atoms with Crippen LogP contribution in [0.3, 0.4) is 0 Å². The van der Waals surface area contributed by atoms with Crippen LogP contribution in [0.25, 0.3) is 0 Å². The minimum Gasteiger partial charge on any atom is -0.378 e. The Morgan fingerprint density at radius 2 is 1.87 bits per heavy atom. The Bertz CT molecular complexity index is 594. The second-order valence-electron chi connectivity index (χ2n) is 6.55. The Morgan fingerprint density at radius 3 is 2.48 bits per heavy atom. The molecule has 0 aromatic heterocycles. The molecular formula is C18H24N2O3. The number of hydrogen-bond acceptors (Lipinski definition) is 4. The van der Waals surface area contributed by atoms with Crippen LogP contribution < -0.4 is 0 Å². The van der Waals surface area contributed by atoms with Crippen molar-refractivity contribution in [2.75, 3.05) is 26.3 Å². The van der Waals surface area contributed by atoms with Gasteiger partial charge in [0.05, 0.1) is 19.1 Å². The molecule has 1 heterocycles. The van der Waals surface area contributed by atoms with E-state index in [-0.39, 0.29) is 16.8 Å². The summed E-state index contributed by atoms with van der Waals surface area (Å²) in [6, 6.07) is 9.36. The molecule has 1 aliphatic heterocycles. The normalized spacial score (nSPS) is 28.8. The van der Waals surface area contributed by atoms with Gasteiger partial charge in [-0.1, -0.05) is 37.3 Å². The Morgan fingerprint density at radius 1 is 1.22 bits per heavy atom. The average molecular weight is 316 g/mol. The molecule has 124 valence electrons. The summed E-state index contributed by atoms with van der Waals surface area (Å²) in [5.74, 6) is 0.0729. The van der Waals surface area contributed by atoms with Crippen molar-refractivity contribution in [3.63, 3.8) is 0 Å². The first kappa shape index (κ1) is 16.0. The Balaban J connectivity index is 2.03. The fraction of sp³-hybridized carbons (Fsp3) is 0.556. The third kappa shape index (κ3) is 3.11. The smallest absolute Gasteiger partial charge is 0.224 e. The molecule has 1 aromatic carbocycles. The van der Waals surface area contributed by atoms with Crippen molar-refractivity contribution < 1.29 is 9.66 Å². The van der Waals surface area contributed by atoms with Crippen LogP contribution >= 0.6 is 0 Å². The standard InChI is InChI=1S/C18H24N2O3/c1-13-12-16(20(21)22)17(15-6-4-3-5-7-15)14(2)18(13)19-8-10-23-11-9-19/h3-7,13,16-17H,8-12H2,1-2H3. The summed E-state index contributed by atoms with van der Waals surface area (Å²) in [4.78, 5) is 13.9. The van der Waals surface area contributed by atoms with Gasteiger partial charge < -0.3 is 9.64 Å². The molecule has 1 fully saturated rings. The van der Waals surface area contributed by atoms with Crippen molar-refractivity contribution in [2.45, 2.75) is 32.2 Å². The van der Waals surface area contributed by atoms with Gasteiger partial charge in [-0.2, -0.15) is 0 Å². The summed E-state index contributed by atoms with van der Waals surface area (Å²) in [6.07, 6.45) is 0.594. The van der Waals surface area contributed by atoms with Gasteiger partial charge in [-0.15, -0.1) is 0 Å². The Labute approximate surface area is 137 Å². The Kier molecular flexibility index (Phi) is 4.66. The van der Waals surface area contributed by atoms with E-state index >= 15 is 0 Å². The van der Waals surface area contributed by atoms with Crippen LogP contribution in [-0.2, 0) is 4.74 Å². The first-order chi connectivity index (χ1) is 11.1. The second kappa shape index (κ2) is 6.71. The number of allylic oxidation sites excluding steroid dienone is 1. The summed E-state index contributed by atoms with van der Waals surface area (Å²) in [6.45, 7) is 7.42. The molecule has 0 radical (unpaired) electrons. The van der Waals surface area contributed by atoms with Crippen LogP contribution in [0.15, 0.2) is 41.6 Å². The van der Waals surface area contributed by atoms with E-state index < -0.39 is 6.04 Å². The number of rotatable bonds is 3. The summed E-state index contributed by atoms with van der Waals surface area (Å²) >= 11 is 0. The predicted molar refractivity (Wildman–Crippen MR) is 88.8 cm³/mol. The molecule has 1 saturated heterocycles. The van der Waals surface area contributed by atoms with Gasteiger partial charge in [-0.25, -0.2) is 0 Å². The van der Waals surface area contributed by atoms with Crippen molar-refractivity contribution >= 4 is 0 Å². The number of hydrogen-bond donors (Lipinski definition) is 0. The minimum atomic E-state index is -0.544. The summed E-state index contributed by atoms with van der Waals surface area (Å²) < 4.78 is 5.46. The maximum Gasteiger partial charge on any atom is 0.224 e. The van der Waals surface area contributed by atoms with Gasteiger partial charge in [0.25, 0.3) is 0 Å². The largest absolute Gasteiger partial charge is 0.378 e. The quantitative estimate of drug-likeness (QED) is 0.635. The molecule has 1 aromatic rings. The SMILES string of the molecule is CC1=C(N2CCOCC2)C(C)CC([N+](=O)[O-])C1c1ccccc1. The van der Waals surface area contributed by atoms with Crippen molar-refractivity contribution in [3.05, 3.63) is 57.3 Å². The van der Waals surface area contributed by atoms with E-state index in [1.54, 1.807) is 0 Å². The molecule has 0 N–H and O–H groups in total. The van der Waals surface area contributed by atoms with E-state index in [0.717, 1.165) is 37.4 Å². The molecule has 3 rings (SSSR count). The predicted octanol–water partition coefficient (Wildman–Crippen LogP) is 3.06. The molecule has 5 nitrogen and oxygen atoms in total. The van der Waals surface area contributed by atoms with Gasteiger partial charge in [0, 0.05) is 36.0 Å². The van der Waals surface area contributed by atoms with Crippen molar-refractivity contribution in [1.82, 2.24) is 4.90 Å². The van der Waals surface area contributed by atoms with E-state index in [2.05, 4.69) is 18.7 Å². The molecule has 5 heteroatoms. The van der Waals surface area contributed by atoms with Crippen LogP contribution in [0.1, 0.15) is 31.7 Å². The van der Waals surface area contributed by atoms with Crippen LogP contribution in [0.4, 0.5) is 0 Å². The Hall–Kier alpha value is -1.88. The molecule has 2 aliphatic rings. The highest BCUT2D eigenvalue weighted by atomic mass is 16.6. The fourth-order valence-corrected chi connectivity index (χ4v) is 4.15.